The van der Waals surface area contributed by atoms with Gasteiger partial charge < -0.3 is 5.11 Å². The second-order valence-electron chi connectivity index (χ2n) is 3.17. The topological polar surface area (TPSA) is 33.1 Å². The summed E-state index contributed by atoms with van der Waals surface area (Å²) in [7, 11) is 0. The average molecular weight is 264 g/mol. The van der Waals surface area contributed by atoms with Gasteiger partial charge in [-0.25, -0.2) is 0 Å². The third-order valence-corrected chi connectivity index (χ3v) is 2.80. The highest BCUT2D eigenvalue weighted by atomic mass is 79.9. The fourth-order valence-corrected chi connectivity index (χ4v) is 1.86. The quantitative estimate of drug-likeness (QED) is 0.844. The molecule has 0 radical (unpaired) electrons. The first-order valence-electron chi connectivity index (χ1n) is 4.61. The molecule has 0 aliphatic carbocycles. The Labute approximate surface area is 96.7 Å². The van der Waals surface area contributed by atoms with E-state index >= 15 is 0 Å². The van der Waals surface area contributed by atoms with Crippen molar-refractivity contribution in [1.82, 2.24) is 4.98 Å². The van der Waals surface area contributed by atoms with Gasteiger partial charge in [0.15, 0.2) is 0 Å². The van der Waals surface area contributed by atoms with E-state index in [1.54, 1.807) is 12.3 Å². The maximum absolute atomic E-state index is 9.95. The Morgan fingerprint density at radius 1 is 1.13 bits per heavy atom. The van der Waals surface area contributed by atoms with Crippen LogP contribution in [0, 0.1) is 0 Å². The molecule has 0 spiro atoms. The van der Waals surface area contributed by atoms with E-state index in [1.807, 2.05) is 30.3 Å². The van der Waals surface area contributed by atoms with Crippen LogP contribution in [-0.4, -0.2) is 10.1 Å². The summed E-state index contributed by atoms with van der Waals surface area (Å²) in [6.45, 7) is 0. The molecule has 3 heteroatoms. The molecule has 15 heavy (non-hydrogen) atoms. The molecule has 0 saturated heterocycles. The van der Waals surface area contributed by atoms with Gasteiger partial charge in [-0.15, -0.1) is 0 Å². The fraction of sp³-hybridized carbons (Fsp3) is 0.0833. The summed E-state index contributed by atoms with van der Waals surface area (Å²) in [4.78, 5) is 4.19. The Kier molecular flexibility index (Phi) is 3.02. The Morgan fingerprint density at radius 3 is 2.53 bits per heavy atom. The summed E-state index contributed by atoms with van der Waals surface area (Å²) < 4.78 is 0. The lowest BCUT2D eigenvalue weighted by atomic mass is 10.1. The number of nitrogens with zero attached hydrogens (tertiary/aromatic N) is 1. The third-order valence-electron chi connectivity index (χ3n) is 2.20. The minimum atomic E-state index is 0.251. The molecule has 0 saturated carbocycles. The van der Waals surface area contributed by atoms with Gasteiger partial charge in [-0.1, -0.05) is 46.3 Å². The van der Waals surface area contributed by atoms with Crippen LogP contribution in [0.5, 0.6) is 5.75 Å². The van der Waals surface area contributed by atoms with Crippen LogP contribution in [-0.2, 0) is 5.33 Å². The SMILES string of the molecule is Oc1c(CBr)ccnc1-c1ccccc1. The Bertz CT molecular complexity index is 456. The second-order valence-corrected chi connectivity index (χ2v) is 3.73. The van der Waals surface area contributed by atoms with Crippen LogP contribution < -0.4 is 0 Å². The van der Waals surface area contributed by atoms with Crippen molar-refractivity contribution in [3.05, 3.63) is 48.2 Å². The van der Waals surface area contributed by atoms with Crippen molar-refractivity contribution in [1.29, 1.82) is 0 Å². The molecule has 0 unspecified atom stereocenters. The minimum absolute atomic E-state index is 0.251. The van der Waals surface area contributed by atoms with Crippen LogP contribution in [0.1, 0.15) is 5.56 Å². The maximum Gasteiger partial charge on any atom is 0.145 e. The van der Waals surface area contributed by atoms with Crippen molar-refractivity contribution in [3.63, 3.8) is 0 Å². The molecule has 0 fully saturated rings. The molecule has 2 aromatic rings. The molecule has 1 aromatic carbocycles. The summed E-state index contributed by atoms with van der Waals surface area (Å²) in [6.07, 6.45) is 1.71. The van der Waals surface area contributed by atoms with Gasteiger partial charge in [0.2, 0.25) is 0 Å². The first-order chi connectivity index (χ1) is 7.33. The molecular formula is C12H10BrNO. The fourth-order valence-electron chi connectivity index (χ4n) is 1.41. The van der Waals surface area contributed by atoms with Crippen LogP contribution in [0.15, 0.2) is 42.6 Å². The summed E-state index contributed by atoms with van der Waals surface area (Å²) in [6, 6.07) is 11.5. The van der Waals surface area contributed by atoms with Crippen molar-refractivity contribution in [2.75, 3.05) is 0 Å². The standard InChI is InChI=1S/C12H10BrNO/c13-8-10-6-7-14-11(12(10)15)9-4-2-1-3-5-9/h1-7,15H,8H2. The van der Waals surface area contributed by atoms with E-state index in [2.05, 4.69) is 20.9 Å². The minimum Gasteiger partial charge on any atom is -0.505 e. The zero-order valence-electron chi connectivity index (χ0n) is 8.02. The number of aromatic nitrogens is 1. The number of hydrogen-bond acceptors (Lipinski definition) is 2. The molecule has 1 heterocycles. The van der Waals surface area contributed by atoms with Crippen molar-refractivity contribution in [2.45, 2.75) is 5.33 Å². The number of pyridine rings is 1. The largest absolute Gasteiger partial charge is 0.505 e. The Hall–Kier alpha value is -1.35. The van der Waals surface area contributed by atoms with Gasteiger partial charge >= 0.3 is 0 Å². The van der Waals surface area contributed by atoms with Gasteiger partial charge in [0.05, 0.1) is 0 Å². The number of rotatable bonds is 2. The van der Waals surface area contributed by atoms with Gasteiger partial charge in [-0.3, -0.25) is 4.98 Å². The maximum atomic E-state index is 9.95. The molecule has 0 aliphatic heterocycles. The van der Waals surface area contributed by atoms with Crippen LogP contribution in [0.2, 0.25) is 0 Å². The highest BCUT2D eigenvalue weighted by molar-refractivity contribution is 9.08. The van der Waals surface area contributed by atoms with E-state index in [0.29, 0.717) is 11.0 Å². The number of benzene rings is 1. The molecule has 2 rings (SSSR count). The van der Waals surface area contributed by atoms with Gasteiger partial charge in [-0.2, -0.15) is 0 Å². The van der Waals surface area contributed by atoms with E-state index in [4.69, 9.17) is 0 Å². The van der Waals surface area contributed by atoms with Gasteiger partial charge in [0.25, 0.3) is 0 Å². The first kappa shape index (κ1) is 10.2. The molecule has 2 nitrogen and oxygen atoms in total. The molecule has 0 aliphatic rings. The van der Waals surface area contributed by atoms with Crippen LogP contribution in [0.4, 0.5) is 0 Å². The highest BCUT2D eigenvalue weighted by Crippen LogP contribution is 2.30. The molecule has 76 valence electrons. The van der Waals surface area contributed by atoms with Gasteiger partial charge in [0, 0.05) is 22.7 Å². The predicted octanol–water partition coefficient (Wildman–Crippen LogP) is 3.35. The van der Waals surface area contributed by atoms with Gasteiger partial charge in [0.1, 0.15) is 11.4 Å². The van der Waals surface area contributed by atoms with Crippen molar-refractivity contribution in [2.24, 2.45) is 0 Å². The van der Waals surface area contributed by atoms with E-state index in [0.717, 1.165) is 11.1 Å². The monoisotopic (exact) mass is 263 g/mol. The zero-order valence-corrected chi connectivity index (χ0v) is 9.61. The summed E-state index contributed by atoms with van der Waals surface area (Å²) in [5, 5.41) is 10.6. The lowest BCUT2D eigenvalue weighted by molar-refractivity contribution is 0.470. The van der Waals surface area contributed by atoms with E-state index in [9.17, 15) is 5.11 Å². The average Bonchev–Trinajstić information content (AvgIpc) is 2.30. The van der Waals surface area contributed by atoms with E-state index in [1.165, 1.54) is 0 Å². The van der Waals surface area contributed by atoms with Crippen LogP contribution in [0.3, 0.4) is 0 Å². The normalized spacial score (nSPS) is 10.2. The molecule has 0 atom stereocenters. The molecule has 0 bridgehead atoms. The Morgan fingerprint density at radius 2 is 1.87 bits per heavy atom. The first-order valence-corrected chi connectivity index (χ1v) is 5.73. The summed E-state index contributed by atoms with van der Waals surface area (Å²) >= 11 is 3.33. The smallest absolute Gasteiger partial charge is 0.145 e. The van der Waals surface area contributed by atoms with Gasteiger partial charge in [-0.05, 0) is 6.07 Å². The molecule has 1 N–H and O–H groups in total. The summed E-state index contributed by atoms with van der Waals surface area (Å²) in [5.41, 5.74) is 2.41. The molecule has 0 amide bonds. The third kappa shape index (κ3) is 2.02. The highest BCUT2D eigenvalue weighted by Gasteiger charge is 2.08. The molecule has 1 aromatic heterocycles. The van der Waals surface area contributed by atoms with Crippen molar-refractivity contribution in [3.8, 4) is 17.0 Å². The number of aromatic hydroxyl groups is 1. The van der Waals surface area contributed by atoms with Crippen LogP contribution in [0.25, 0.3) is 11.3 Å². The second kappa shape index (κ2) is 4.45. The summed E-state index contributed by atoms with van der Waals surface area (Å²) in [5.74, 6) is 0.251. The van der Waals surface area contributed by atoms with E-state index < -0.39 is 0 Å². The lowest BCUT2D eigenvalue weighted by Gasteiger charge is -2.06. The number of halogens is 1. The number of hydrogen-bond donors (Lipinski definition) is 1. The lowest BCUT2D eigenvalue weighted by Crippen LogP contribution is -1.88. The Balaban J connectivity index is 2.54. The zero-order chi connectivity index (χ0) is 10.7. The van der Waals surface area contributed by atoms with Crippen LogP contribution >= 0.6 is 15.9 Å². The van der Waals surface area contributed by atoms with E-state index in [-0.39, 0.29) is 5.75 Å². The van der Waals surface area contributed by atoms with Crippen molar-refractivity contribution < 1.29 is 5.11 Å². The molecular weight excluding hydrogens is 254 g/mol. The predicted molar refractivity (Wildman–Crippen MR) is 64.0 cm³/mol. The van der Waals surface area contributed by atoms with Crippen molar-refractivity contribution >= 4 is 15.9 Å². The number of alkyl halides is 1.